The fourth-order valence-electron chi connectivity index (χ4n) is 7.60. The number of primary amides is 2. The summed E-state index contributed by atoms with van der Waals surface area (Å²) in [7, 11) is 0. The quantitative estimate of drug-likeness (QED) is 0.0769. The van der Waals surface area contributed by atoms with Gasteiger partial charge in [0.15, 0.2) is 32.6 Å². The largest absolute Gasteiger partial charge is 0.461 e. The van der Waals surface area contributed by atoms with Crippen molar-refractivity contribution in [1.29, 1.82) is 0 Å². The Bertz CT molecular complexity index is 3490. The molecule has 19 nitrogen and oxygen atoms in total. The normalized spacial score (nSPS) is 12.1. The SMILES string of the molecule is CCOC(=O)c1nn(C(C)(C)C)c2c1ccc1cnc(SC)nc12.CSc1nc(N)c2ccc3c(C(N)=O)nn(C(C)(C)C)c3c2n1.CSc1ncc2ccc3c(C(N)=O)nn(C(C)(C)C)c3c2n1. The molecule has 69 heavy (non-hydrogen) atoms. The van der Waals surface area contributed by atoms with Gasteiger partial charge in [0.25, 0.3) is 11.8 Å². The van der Waals surface area contributed by atoms with E-state index in [-0.39, 0.29) is 28.0 Å². The third kappa shape index (κ3) is 9.69. The van der Waals surface area contributed by atoms with Crippen molar-refractivity contribution in [2.45, 2.75) is 101 Å². The number of benzene rings is 3. The molecule has 9 aromatic rings. The van der Waals surface area contributed by atoms with Gasteiger partial charge in [-0.15, -0.1) is 0 Å². The van der Waals surface area contributed by atoms with E-state index in [0.717, 1.165) is 54.5 Å². The number of carbonyl (C=O) groups is 3. The first-order chi connectivity index (χ1) is 32.4. The lowest BCUT2D eigenvalue weighted by Gasteiger charge is -2.21. The predicted molar refractivity (Wildman–Crippen MR) is 276 cm³/mol. The molecule has 0 aliphatic heterocycles. The standard InChI is InChI=1S/C17H20N4O2S.C15H18N6OS.C15H17N5OS/c1-6-23-15(22)13-11-8-7-10-9-18-16(24-5)19-12(10)14(11)21(20-13)17(2,3)4;1-15(2,3)21-11-7(10(20-21)13(17)22)5-6-8-9(11)18-14(23-4)19-12(8)16;1-15(2,3)20-12-9(11(19-20)13(16)21)6-5-8-7-17-14(22-4)18-10(8)12/h7-9H,6H2,1-5H3;5-6H,1-4H3,(H2,17,22)(H2,16,18,19);5-7H,1-4H3,(H2,16,21). The molecule has 22 heteroatoms. The Hall–Kier alpha value is -6.65. The van der Waals surface area contributed by atoms with Crippen molar-refractivity contribution in [2.24, 2.45) is 11.5 Å². The van der Waals surface area contributed by atoms with Crippen molar-refractivity contribution in [1.82, 2.24) is 59.2 Å². The van der Waals surface area contributed by atoms with Crippen LogP contribution in [0.15, 0.2) is 64.3 Å². The number of carbonyl (C=O) groups excluding carboxylic acids is 3. The molecule has 3 aromatic carbocycles. The van der Waals surface area contributed by atoms with Gasteiger partial charge < -0.3 is 21.9 Å². The average Bonchev–Trinajstić information content (AvgIpc) is 4.02. The first-order valence-corrected chi connectivity index (χ1v) is 25.4. The Balaban J connectivity index is 0.000000153. The summed E-state index contributed by atoms with van der Waals surface area (Å²) in [6.45, 7) is 20.3. The second-order valence-corrected chi connectivity index (χ2v) is 21.0. The molecule has 6 N–H and O–H groups in total. The van der Waals surface area contributed by atoms with Gasteiger partial charge in [-0.2, -0.15) is 15.3 Å². The lowest BCUT2D eigenvalue weighted by atomic mass is 10.1. The van der Waals surface area contributed by atoms with Gasteiger partial charge in [-0.1, -0.05) is 47.4 Å². The smallest absolute Gasteiger partial charge is 0.359 e. The summed E-state index contributed by atoms with van der Waals surface area (Å²) in [6, 6.07) is 11.2. The first-order valence-electron chi connectivity index (χ1n) is 21.7. The van der Waals surface area contributed by atoms with E-state index >= 15 is 0 Å². The highest BCUT2D eigenvalue weighted by molar-refractivity contribution is 7.98. The van der Waals surface area contributed by atoms with Gasteiger partial charge in [-0.05, 0) is 112 Å². The Morgan fingerprint density at radius 3 is 1.29 bits per heavy atom. The van der Waals surface area contributed by atoms with Gasteiger partial charge in [-0.25, -0.2) is 34.7 Å². The van der Waals surface area contributed by atoms with Crippen molar-refractivity contribution in [3.63, 3.8) is 0 Å². The molecule has 0 radical (unpaired) electrons. The summed E-state index contributed by atoms with van der Waals surface area (Å²) in [5.74, 6) is -1.11. The molecular formula is C47H55N15O4S3. The fraction of sp³-hybridized carbons (Fsp3) is 0.362. The highest BCUT2D eigenvalue weighted by Gasteiger charge is 2.28. The molecule has 9 rings (SSSR count). The van der Waals surface area contributed by atoms with E-state index in [9.17, 15) is 14.4 Å². The van der Waals surface area contributed by atoms with Crippen LogP contribution in [0.4, 0.5) is 5.82 Å². The molecule has 6 heterocycles. The first kappa shape index (κ1) is 50.2. The van der Waals surface area contributed by atoms with E-state index in [1.54, 1.807) is 36.1 Å². The Kier molecular flexibility index (Phi) is 13.9. The number of thioether (sulfide) groups is 3. The van der Waals surface area contributed by atoms with Gasteiger partial charge in [0.1, 0.15) is 22.4 Å². The number of ether oxygens (including phenoxy) is 1. The number of nitrogen functional groups attached to an aromatic ring is 1. The van der Waals surface area contributed by atoms with E-state index in [2.05, 4.69) is 45.2 Å². The van der Waals surface area contributed by atoms with Crippen LogP contribution in [0.1, 0.15) is 101 Å². The molecule has 0 atom stereocenters. The van der Waals surface area contributed by atoms with E-state index < -0.39 is 17.8 Å². The lowest BCUT2D eigenvalue weighted by Crippen LogP contribution is -2.24. The van der Waals surface area contributed by atoms with Gasteiger partial charge in [0.05, 0.1) is 39.8 Å². The van der Waals surface area contributed by atoms with Crippen molar-refractivity contribution in [2.75, 3.05) is 31.1 Å². The number of amides is 2. The van der Waals surface area contributed by atoms with Crippen LogP contribution < -0.4 is 17.2 Å². The number of rotatable bonds is 7. The lowest BCUT2D eigenvalue weighted by molar-refractivity contribution is 0.0519. The molecule has 2 amide bonds. The van der Waals surface area contributed by atoms with Crippen molar-refractivity contribution in [3.05, 3.63) is 65.9 Å². The zero-order chi connectivity index (χ0) is 50.5. The van der Waals surface area contributed by atoms with E-state index in [1.807, 2.05) is 115 Å². The molecule has 0 unspecified atom stereocenters. The van der Waals surface area contributed by atoms with Gasteiger partial charge in [-0.3, -0.25) is 23.6 Å². The summed E-state index contributed by atoms with van der Waals surface area (Å²) in [6.07, 6.45) is 9.34. The minimum absolute atomic E-state index is 0.236. The number of nitrogens with two attached hydrogens (primary N) is 3. The number of nitrogens with zero attached hydrogens (tertiary/aromatic N) is 12. The van der Waals surface area contributed by atoms with E-state index in [1.165, 1.54) is 35.3 Å². The van der Waals surface area contributed by atoms with Crippen molar-refractivity contribution in [3.8, 4) is 0 Å². The summed E-state index contributed by atoms with van der Waals surface area (Å²) in [5, 5.41) is 20.1. The second-order valence-electron chi connectivity index (χ2n) is 18.7. The minimum atomic E-state index is -0.565. The number of hydrogen-bond donors (Lipinski definition) is 3. The molecule has 0 aliphatic carbocycles. The van der Waals surface area contributed by atoms with Gasteiger partial charge in [0, 0.05) is 44.7 Å². The maximum atomic E-state index is 12.3. The van der Waals surface area contributed by atoms with Crippen LogP contribution in [0.3, 0.4) is 0 Å². The third-order valence-electron chi connectivity index (χ3n) is 10.6. The number of esters is 1. The molecule has 0 saturated heterocycles. The molecule has 360 valence electrons. The Morgan fingerprint density at radius 2 is 0.899 bits per heavy atom. The second kappa shape index (κ2) is 19.0. The maximum absolute atomic E-state index is 12.3. The highest BCUT2D eigenvalue weighted by atomic mass is 32.2. The zero-order valence-electron chi connectivity index (χ0n) is 40.8. The maximum Gasteiger partial charge on any atom is 0.359 e. The summed E-state index contributed by atoms with van der Waals surface area (Å²) < 4.78 is 10.6. The number of aromatic nitrogens is 12. The van der Waals surface area contributed by atoms with Crippen molar-refractivity contribution < 1.29 is 19.1 Å². The molecular weight excluding hydrogens is 935 g/mol. The summed E-state index contributed by atoms with van der Waals surface area (Å²) in [5.41, 5.74) is 21.6. The van der Waals surface area contributed by atoms with Gasteiger partial charge in [0.2, 0.25) is 0 Å². The van der Waals surface area contributed by atoms with Gasteiger partial charge >= 0.3 is 5.97 Å². The number of hydrogen-bond acceptors (Lipinski definition) is 17. The predicted octanol–water partition coefficient (Wildman–Crippen LogP) is 8.33. The van der Waals surface area contributed by atoms with Crippen LogP contribution in [-0.4, -0.2) is 102 Å². The minimum Gasteiger partial charge on any atom is -0.461 e. The molecule has 0 saturated carbocycles. The van der Waals surface area contributed by atoms with Crippen LogP contribution in [0.5, 0.6) is 0 Å². The zero-order valence-corrected chi connectivity index (χ0v) is 43.2. The van der Waals surface area contributed by atoms with Crippen LogP contribution in [0.25, 0.3) is 65.4 Å². The summed E-state index contributed by atoms with van der Waals surface area (Å²) in [4.78, 5) is 62.6. The molecule has 0 fully saturated rings. The van der Waals surface area contributed by atoms with Crippen LogP contribution >= 0.6 is 35.3 Å². The third-order valence-corrected chi connectivity index (χ3v) is 12.3. The van der Waals surface area contributed by atoms with Crippen LogP contribution in [0.2, 0.25) is 0 Å². The molecule has 0 bridgehead atoms. The summed E-state index contributed by atoms with van der Waals surface area (Å²) >= 11 is 4.37. The van der Waals surface area contributed by atoms with E-state index in [4.69, 9.17) is 21.9 Å². The highest BCUT2D eigenvalue weighted by Crippen LogP contribution is 2.35. The Labute approximate surface area is 410 Å². The van der Waals surface area contributed by atoms with Crippen LogP contribution in [0, 0.1) is 0 Å². The van der Waals surface area contributed by atoms with Crippen LogP contribution in [-0.2, 0) is 21.4 Å². The monoisotopic (exact) mass is 989 g/mol. The van der Waals surface area contributed by atoms with E-state index in [0.29, 0.717) is 44.5 Å². The molecule has 0 spiro atoms. The fourth-order valence-corrected chi connectivity index (χ4v) is 8.66. The topological polar surface area (TPSA) is 269 Å². The Morgan fingerprint density at radius 1 is 0.536 bits per heavy atom. The molecule has 6 aromatic heterocycles. The molecule has 0 aliphatic rings. The average molecular weight is 990 g/mol. The van der Waals surface area contributed by atoms with Crippen molar-refractivity contribution >= 4 is 124 Å². The number of fused-ring (bicyclic) bond motifs is 9. The number of anilines is 1.